The van der Waals surface area contributed by atoms with E-state index in [2.05, 4.69) is 10.2 Å². The Morgan fingerprint density at radius 1 is 0.963 bits per heavy atom. The molecule has 3 aromatic rings. The highest BCUT2D eigenvalue weighted by atomic mass is 16.4. The molecule has 2 aromatic carbocycles. The van der Waals surface area contributed by atoms with Gasteiger partial charge >= 0.3 is 5.97 Å². The average Bonchev–Trinajstić information content (AvgIpc) is 3.38. The Kier molecular flexibility index (Phi) is 4.42. The van der Waals surface area contributed by atoms with Crippen LogP contribution in [0.1, 0.15) is 21.8 Å². The highest BCUT2D eigenvalue weighted by molar-refractivity contribution is 5.95. The fourth-order valence-corrected chi connectivity index (χ4v) is 3.57. The van der Waals surface area contributed by atoms with E-state index >= 15 is 0 Å². The minimum atomic E-state index is -0.877. The molecule has 1 saturated heterocycles. The summed E-state index contributed by atoms with van der Waals surface area (Å²) in [5.74, 6) is -1.88. The van der Waals surface area contributed by atoms with Crippen LogP contribution in [-0.4, -0.2) is 49.7 Å². The number of carboxylic acids is 1. The van der Waals surface area contributed by atoms with E-state index in [9.17, 15) is 14.7 Å². The molecule has 0 saturated carbocycles. The molecule has 1 fully saturated rings. The third-order valence-electron chi connectivity index (χ3n) is 4.96. The maximum atomic E-state index is 13.0. The summed E-state index contributed by atoms with van der Waals surface area (Å²) in [5, 5.41) is 17.2. The molecule has 2 unspecified atom stereocenters. The molecule has 4 rings (SSSR count). The number of aromatic nitrogens is 3. The summed E-state index contributed by atoms with van der Waals surface area (Å²) >= 11 is 0. The maximum absolute atomic E-state index is 13.0. The molecule has 2 heterocycles. The van der Waals surface area contributed by atoms with Crippen molar-refractivity contribution in [1.82, 2.24) is 19.7 Å². The van der Waals surface area contributed by atoms with Gasteiger partial charge in [0.1, 0.15) is 12.7 Å². The first-order valence-corrected chi connectivity index (χ1v) is 8.65. The number of hydrogen-bond donors (Lipinski definition) is 1. The second kappa shape index (κ2) is 7.03. The van der Waals surface area contributed by atoms with Crippen LogP contribution in [0.5, 0.6) is 0 Å². The summed E-state index contributed by atoms with van der Waals surface area (Å²) in [7, 11) is 0. The van der Waals surface area contributed by atoms with E-state index in [0.29, 0.717) is 12.1 Å². The van der Waals surface area contributed by atoms with Crippen LogP contribution in [0.4, 0.5) is 0 Å². The zero-order valence-corrected chi connectivity index (χ0v) is 14.5. The summed E-state index contributed by atoms with van der Waals surface area (Å²) in [4.78, 5) is 26.4. The predicted octanol–water partition coefficient (Wildman–Crippen LogP) is 2.21. The van der Waals surface area contributed by atoms with Gasteiger partial charge < -0.3 is 10.0 Å². The fraction of sp³-hybridized carbons (Fsp3) is 0.200. The van der Waals surface area contributed by atoms with Crippen LogP contribution in [0.3, 0.4) is 0 Å². The molecule has 7 heteroatoms. The standard InChI is InChI=1S/C20H18N4O3/c25-19(15-7-4-8-16(9-15)24-12-21-22-13-24)23-10-17(18(11-23)20(26)27)14-5-2-1-3-6-14/h1-9,12-13,17-18H,10-11H2,(H,26,27). The number of aliphatic carboxylic acids is 1. The topological polar surface area (TPSA) is 88.3 Å². The number of amides is 1. The van der Waals surface area contributed by atoms with Crippen LogP contribution in [0, 0.1) is 5.92 Å². The number of rotatable bonds is 4. The lowest BCUT2D eigenvalue weighted by Crippen LogP contribution is -2.30. The van der Waals surface area contributed by atoms with Crippen LogP contribution in [0.25, 0.3) is 5.69 Å². The van der Waals surface area contributed by atoms with Crippen LogP contribution in [0.15, 0.2) is 67.3 Å². The van der Waals surface area contributed by atoms with Gasteiger partial charge in [0.2, 0.25) is 0 Å². The van der Waals surface area contributed by atoms with Gasteiger partial charge in [0.15, 0.2) is 0 Å². The average molecular weight is 362 g/mol. The van der Waals surface area contributed by atoms with Crippen molar-refractivity contribution in [2.75, 3.05) is 13.1 Å². The zero-order chi connectivity index (χ0) is 18.8. The number of hydrogen-bond acceptors (Lipinski definition) is 4. The summed E-state index contributed by atoms with van der Waals surface area (Å²) < 4.78 is 1.72. The normalized spacial score (nSPS) is 19.2. The lowest BCUT2D eigenvalue weighted by Gasteiger charge is -2.17. The number of benzene rings is 2. The molecule has 0 spiro atoms. The van der Waals surface area contributed by atoms with E-state index in [4.69, 9.17) is 0 Å². The molecule has 1 aromatic heterocycles. The van der Waals surface area contributed by atoms with Crippen molar-refractivity contribution in [2.24, 2.45) is 5.92 Å². The molecule has 27 heavy (non-hydrogen) atoms. The second-order valence-corrected chi connectivity index (χ2v) is 6.59. The van der Waals surface area contributed by atoms with Crippen molar-refractivity contribution in [3.8, 4) is 5.69 Å². The fourth-order valence-electron chi connectivity index (χ4n) is 3.57. The summed E-state index contributed by atoms with van der Waals surface area (Å²) in [6.07, 6.45) is 3.12. The van der Waals surface area contributed by atoms with Crippen molar-refractivity contribution in [2.45, 2.75) is 5.92 Å². The van der Waals surface area contributed by atoms with E-state index in [1.54, 1.807) is 40.3 Å². The smallest absolute Gasteiger partial charge is 0.308 e. The summed E-state index contributed by atoms with van der Waals surface area (Å²) in [6, 6.07) is 16.7. The SMILES string of the molecule is O=C(O)C1CN(C(=O)c2cccc(-n3cnnc3)c2)CC1c1ccccc1. The molecular weight excluding hydrogens is 344 g/mol. The van der Waals surface area contributed by atoms with Crippen molar-refractivity contribution in [1.29, 1.82) is 0 Å². The highest BCUT2D eigenvalue weighted by Gasteiger charge is 2.40. The first kappa shape index (κ1) is 17.0. The molecule has 0 radical (unpaired) electrons. The minimum Gasteiger partial charge on any atom is -0.481 e. The van der Waals surface area contributed by atoms with Gasteiger partial charge in [-0.2, -0.15) is 0 Å². The van der Waals surface area contributed by atoms with Crippen molar-refractivity contribution < 1.29 is 14.7 Å². The molecule has 1 aliphatic heterocycles. The van der Waals surface area contributed by atoms with E-state index in [1.807, 2.05) is 36.4 Å². The maximum Gasteiger partial charge on any atom is 0.308 e. The van der Waals surface area contributed by atoms with Crippen LogP contribution in [0.2, 0.25) is 0 Å². The second-order valence-electron chi connectivity index (χ2n) is 6.59. The Hall–Kier alpha value is -3.48. The number of carbonyl (C=O) groups is 2. The Balaban J connectivity index is 1.59. The molecule has 1 amide bonds. The highest BCUT2D eigenvalue weighted by Crippen LogP contribution is 2.33. The van der Waals surface area contributed by atoms with E-state index in [-0.39, 0.29) is 18.4 Å². The van der Waals surface area contributed by atoms with Gasteiger partial charge in [-0.1, -0.05) is 36.4 Å². The Morgan fingerprint density at radius 2 is 1.70 bits per heavy atom. The third kappa shape index (κ3) is 3.31. The van der Waals surface area contributed by atoms with E-state index in [0.717, 1.165) is 11.3 Å². The van der Waals surface area contributed by atoms with Gasteiger partial charge in [0, 0.05) is 30.3 Å². The van der Waals surface area contributed by atoms with Gasteiger partial charge in [-0.05, 0) is 23.8 Å². The Labute approximate surface area is 155 Å². The molecular formula is C20H18N4O3. The number of carbonyl (C=O) groups excluding carboxylic acids is 1. The van der Waals surface area contributed by atoms with Crippen molar-refractivity contribution in [3.05, 3.63) is 78.4 Å². The van der Waals surface area contributed by atoms with Crippen molar-refractivity contribution in [3.63, 3.8) is 0 Å². The predicted molar refractivity (Wildman–Crippen MR) is 97.6 cm³/mol. The van der Waals surface area contributed by atoms with Crippen LogP contribution >= 0.6 is 0 Å². The zero-order valence-electron chi connectivity index (χ0n) is 14.5. The largest absolute Gasteiger partial charge is 0.481 e. The van der Waals surface area contributed by atoms with Gasteiger partial charge in [0.25, 0.3) is 5.91 Å². The van der Waals surface area contributed by atoms with E-state index in [1.165, 1.54) is 0 Å². The lowest BCUT2D eigenvalue weighted by molar-refractivity contribution is -0.141. The number of carboxylic acid groups (broad SMARTS) is 1. The van der Waals surface area contributed by atoms with Gasteiger partial charge in [0.05, 0.1) is 5.92 Å². The molecule has 1 N–H and O–H groups in total. The summed E-state index contributed by atoms with van der Waals surface area (Å²) in [6.45, 7) is 0.585. The quantitative estimate of drug-likeness (QED) is 0.769. The molecule has 0 bridgehead atoms. The Morgan fingerprint density at radius 3 is 2.41 bits per heavy atom. The first-order valence-electron chi connectivity index (χ1n) is 8.65. The number of likely N-dealkylation sites (tertiary alicyclic amines) is 1. The first-order chi connectivity index (χ1) is 13.1. The monoisotopic (exact) mass is 362 g/mol. The summed E-state index contributed by atoms with van der Waals surface area (Å²) in [5.41, 5.74) is 2.23. The molecule has 1 aliphatic rings. The molecule has 2 atom stereocenters. The molecule has 0 aliphatic carbocycles. The Bertz CT molecular complexity index is 956. The van der Waals surface area contributed by atoms with Crippen molar-refractivity contribution >= 4 is 11.9 Å². The van der Waals surface area contributed by atoms with E-state index < -0.39 is 11.9 Å². The lowest BCUT2D eigenvalue weighted by atomic mass is 9.89. The molecule has 7 nitrogen and oxygen atoms in total. The molecule has 136 valence electrons. The van der Waals surface area contributed by atoms with Crippen LogP contribution in [-0.2, 0) is 4.79 Å². The van der Waals surface area contributed by atoms with Gasteiger partial charge in [-0.25, -0.2) is 0 Å². The number of nitrogens with zero attached hydrogens (tertiary/aromatic N) is 4. The van der Waals surface area contributed by atoms with Gasteiger partial charge in [-0.15, -0.1) is 10.2 Å². The minimum absolute atomic E-state index is 0.172. The van der Waals surface area contributed by atoms with Crippen LogP contribution < -0.4 is 0 Å². The third-order valence-corrected chi connectivity index (χ3v) is 4.96. The van der Waals surface area contributed by atoms with Gasteiger partial charge in [-0.3, -0.25) is 14.2 Å².